The Morgan fingerprint density at radius 1 is 1.26 bits per heavy atom. The molecule has 3 aromatic rings. The number of rotatable bonds is 3. The molecule has 1 saturated heterocycles. The molecule has 27 heavy (non-hydrogen) atoms. The van der Waals surface area contributed by atoms with E-state index in [2.05, 4.69) is 20.1 Å². The molecule has 1 fully saturated rings. The normalized spacial score (nSPS) is 15.1. The lowest BCUT2D eigenvalue weighted by atomic mass is 9.93. The smallest absolute Gasteiger partial charge is 0.253 e. The van der Waals surface area contributed by atoms with Crippen LogP contribution in [0.2, 0.25) is 0 Å². The molecule has 0 atom stereocenters. The molecule has 1 N–H and O–H groups in total. The molecule has 0 unspecified atom stereocenters. The van der Waals surface area contributed by atoms with Crippen LogP contribution in [0.4, 0.5) is 0 Å². The van der Waals surface area contributed by atoms with Crippen molar-refractivity contribution in [1.29, 1.82) is 0 Å². The Labute approximate surface area is 155 Å². The molecule has 1 aromatic carbocycles. The number of aromatic nitrogens is 4. The van der Waals surface area contributed by atoms with E-state index in [-0.39, 0.29) is 17.4 Å². The van der Waals surface area contributed by atoms with Crippen LogP contribution in [0.25, 0.3) is 11.4 Å². The van der Waals surface area contributed by atoms with Gasteiger partial charge in [-0.05, 0) is 25.0 Å². The molecule has 3 heterocycles. The third-order valence-electron chi connectivity index (χ3n) is 4.80. The molecule has 2 aromatic heterocycles. The number of carbonyl (C=O) groups excluding carboxylic acids is 1. The third kappa shape index (κ3) is 3.64. The van der Waals surface area contributed by atoms with E-state index in [0.717, 1.165) is 24.1 Å². The predicted octanol–water partition coefficient (Wildman–Crippen LogP) is 2.15. The Balaban J connectivity index is 1.46. The first kappa shape index (κ1) is 17.1. The van der Waals surface area contributed by atoms with Crippen LogP contribution in [0.1, 0.15) is 40.7 Å². The summed E-state index contributed by atoms with van der Waals surface area (Å²) in [6, 6.07) is 8.80. The van der Waals surface area contributed by atoms with Gasteiger partial charge in [-0.15, -0.1) is 0 Å². The zero-order valence-electron chi connectivity index (χ0n) is 14.9. The Kier molecular flexibility index (Phi) is 4.53. The van der Waals surface area contributed by atoms with Crippen molar-refractivity contribution in [2.75, 3.05) is 13.1 Å². The second-order valence-corrected chi connectivity index (χ2v) is 6.62. The first-order chi connectivity index (χ1) is 13.1. The number of piperidine rings is 1. The van der Waals surface area contributed by atoms with Crippen LogP contribution < -0.4 is 5.56 Å². The number of hydrogen-bond donors (Lipinski definition) is 1. The SMILES string of the molecule is Cc1nc(-c2cccc(C(=O)N3CCC(c4cc(=O)[nH]cn4)CC3)c2)no1. The zero-order chi connectivity index (χ0) is 18.8. The van der Waals surface area contributed by atoms with Gasteiger partial charge in [0.15, 0.2) is 0 Å². The highest BCUT2D eigenvalue weighted by Gasteiger charge is 2.25. The van der Waals surface area contributed by atoms with Gasteiger partial charge >= 0.3 is 0 Å². The molecule has 0 bridgehead atoms. The molecule has 4 rings (SSSR count). The van der Waals surface area contributed by atoms with Crippen molar-refractivity contribution in [1.82, 2.24) is 25.0 Å². The summed E-state index contributed by atoms with van der Waals surface area (Å²) in [6.07, 6.45) is 3.00. The highest BCUT2D eigenvalue weighted by molar-refractivity contribution is 5.95. The molecule has 1 amide bonds. The summed E-state index contributed by atoms with van der Waals surface area (Å²) >= 11 is 0. The maximum absolute atomic E-state index is 12.9. The number of benzene rings is 1. The Hall–Kier alpha value is -3.29. The first-order valence-electron chi connectivity index (χ1n) is 8.85. The number of carbonyl (C=O) groups is 1. The van der Waals surface area contributed by atoms with Gasteiger partial charge in [-0.25, -0.2) is 4.98 Å². The van der Waals surface area contributed by atoms with Gasteiger partial charge in [0.1, 0.15) is 0 Å². The number of likely N-dealkylation sites (tertiary alicyclic amines) is 1. The molecule has 8 heteroatoms. The Morgan fingerprint density at radius 3 is 2.78 bits per heavy atom. The van der Waals surface area contributed by atoms with Gasteiger partial charge in [0, 0.05) is 43.1 Å². The molecular formula is C19H19N5O3. The summed E-state index contributed by atoms with van der Waals surface area (Å²) < 4.78 is 5.01. The second kappa shape index (κ2) is 7.14. The van der Waals surface area contributed by atoms with Gasteiger partial charge in [0.2, 0.25) is 11.7 Å². The van der Waals surface area contributed by atoms with Gasteiger partial charge in [-0.1, -0.05) is 17.3 Å². The number of aromatic amines is 1. The fourth-order valence-electron chi connectivity index (χ4n) is 3.38. The number of nitrogens with zero attached hydrogens (tertiary/aromatic N) is 4. The monoisotopic (exact) mass is 365 g/mol. The van der Waals surface area contributed by atoms with Gasteiger partial charge in [-0.2, -0.15) is 4.98 Å². The lowest BCUT2D eigenvalue weighted by Gasteiger charge is -2.31. The molecular weight excluding hydrogens is 346 g/mol. The summed E-state index contributed by atoms with van der Waals surface area (Å²) in [5.74, 6) is 1.14. The largest absolute Gasteiger partial charge is 0.339 e. The average molecular weight is 365 g/mol. The van der Waals surface area contributed by atoms with Crippen LogP contribution in [0.15, 0.2) is 46.0 Å². The minimum absolute atomic E-state index is 0.0191. The van der Waals surface area contributed by atoms with Gasteiger partial charge in [0.05, 0.1) is 12.0 Å². The van der Waals surface area contributed by atoms with E-state index in [4.69, 9.17) is 4.52 Å². The molecule has 0 aliphatic carbocycles. The maximum Gasteiger partial charge on any atom is 0.253 e. The van der Waals surface area contributed by atoms with Crippen molar-refractivity contribution in [2.24, 2.45) is 0 Å². The lowest BCUT2D eigenvalue weighted by molar-refractivity contribution is 0.0712. The maximum atomic E-state index is 12.9. The van der Waals surface area contributed by atoms with Crippen molar-refractivity contribution in [2.45, 2.75) is 25.7 Å². The predicted molar refractivity (Wildman–Crippen MR) is 97.2 cm³/mol. The standard InChI is InChI=1S/C19H19N5O3/c1-12-22-18(23-27-12)14-3-2-4-15(9-14)19(26)24-7-5-13(6-8-24)16-10-17(25)21-11-20-16/h2-4,9-11,13H,5-8H2,1H3,(H,20,21,25). The van der Waals surface area contributed by atoms with E-state index in [1.165, 1.54) is 6.33 Å². The summed E-state index contributed by atoms with van der Waals surface area (Å²) in [4.78, 5) is 37.2. The van der Waals surface area contributed by atoms with Crippen molar-refractivity contribution in [3.63, 3.8) is 0 Å². The van der Waals surface area contributed by atoms with E-state index in [1.54, 1.807) is 25.1 Å². The summed E-state index contributed by atoms with van der Waals surface area (Å²) in [6.45, 7) is 2.98. The molecule has 0 radical (unpaired) electrons. The van der Waals surface area contributed by atoms with Crippen LogP contribution in [-0.2, 0) is 0 Å². The lowest BCUT2D eigenvalue weighted by Crippen LogP contribution is -2.38. The fourth-order valence-corrected chi connectivity index (χ4v) is 3.38. The summed E-state index contributed by atoms with van der Waals surface area (Å²) in [5.41, 5.74) is 2.00. The first-order valence-corrected chi connectivity index (χ1v) is 8.85. The van der Waals surface area contributed by atoms with Gasteiger partial charge in [0.25, 0.3) is 11.5 Å². The van der Waals surface area contributed by atoms with Crippen molar-refractivity contribution >= 4 is 5.91 Å². The number of H-pyrrole nitrogens is 1. The summed E-state index contributed by atoms with van der Waals surface area (Å²) in [5, 5.41) is 3.90. The van der Waals surface area contributed by atoms with Crippen LogP contribution in [0.5, 0.6) is 0 Å². The van der Waals surface area contributed by atoms with Gasteiger partial charge in [-0.3, -0.25) is 9.59 Å². The average Bonchev–Trinajstić information content (AvgIpc) is 3.14. The van der Waals surface area contributed by atoms with E-state index < -0.39 is 0 Å². The summed E-state index contributed by atoms with van der Waals surface area (Å²) in [7, 11) is 0. The Morgan fingerprint density at radius 2 is 2.07 bits per heavy atom. The van der Waals surface area contributed by atoms with E-state index in [9.17, 15) is 9.59 Å². The minimum atomic E-state index is -0.146. The number of nitrogens with one attached hydrogen (secondary N) is 1. The molecule has 1 aliphatic rings. The van der Waals surface area contributed by atoms with Crippen LogP contribution in [-0.4, -0.2) is 44.0 Å². The minimum Gasteiger partial charge on any atom is -0.339 e. The fraction of sp³-hybridized carbons (Fsp3) is 0.316. The quantitative estimate of drug-likeness (QED) is 0.762. The molecule has 0 spiro atoms. The second-order valence-electron chi connectivity index (χ2n) is 6.62. The van der Waals surface area contributed by atoms with Crippen LogP contribution in [0.3, 0.4) is 0 Å². The number of hydrogen-bond acceptors (Lipinski definition) is 6. The molecule has 1 aliphatic heterocycles. The Bertz CT molecular complexity index is 1020. The number of aryl methyl sites for hydroxylation is 1. The van der Waals surface area contributed by atoms with Crippen molar-refractivity contribution in [3.05, 3.63) is 64.2 Å². The highest BCUT2D eigenvalue weighted by atomic mass is 16.5. The van der Waals surface area contributed by atoms with E-state index in [1.807, 2.05) is 17.0 Å². The molecule has 0 saturated carbocycles. The third-order valence-corrected chi connectivity index (χ3v) is 4.80. The van der Waals surface area contributed by atoms with Crippen molar-refractivity contribution < 1.29 is 9.32 Å². The number of amides is 1. The highest BCUT2D eigenvalue weighted by Crippen LogP contribution is 2.27. The van der Waals surface area contributed by atoms with E-state index in [0.29, 0.717) is 30.4 Å². The zero-order valence-corrected chi connectivity index (χ0v) is 14.9. The van der Waals surface area contributed by atoms with Gasteiger partial charge < -0.3 is 14.4 Å². The molecule has 138 valence electrons. The van der Waals surface area contributed by atoms with Crippen LogP contribution in [0, 0.1) is 6.92 Å². The van der Waals surface area contributed by atoms with Crippen LogP contribution >= 0.6 is 0 Å². The topological polar surface area (TPSA) is 105 Å². The van der Waals surface area contributed by atoms with Crippen molar-refractivity contribution in [3.8, 4) is 11.4 Å². The molecule has 8 nitrogen and oxygen atoms in total. The van der Waals surface area contributed by atoms with E-state index >= 15 is 0 Å².